The van der Waals surface area contributed by atoms with Gasteiger partial charge in [-0.2, -0.15) is 0 Å². The number of nitrogens with zero attached hydrogens (tertiary/aromatic N) is 2. The van der Waals surface area contributed by atoms with Crippen LogP contribution in [0.25, 0.3) is 11.5 Å². The van der Waals surface area contributed by atoms with Crippen LogP contribution in [-0.4, -0.2) is 44.5 Å². The van der Waals surface area contributed by atoms with Crippen molar-refractivity contribution < 1.29 is 31.5 Å². The molecule has 11 heteroatoms. The van der Waals surface area contributed by atoms with Gasteiger partial charge in [-0.1, -0.05) is 5.10 Å². The Morgan fingerprint density at radius 1 is 1.10 bits per heavy atom. The monoisotopic (exact) mass is 435 g/mol. The van der Waals surface area contributed by atoms with Gasteiger partial charge in [-0.3, -0.25) is 10.1 Å². The number of halogens is 1. The molecule has 0 saturated carbocycles. The molecule has 0 bridgehead atoms. The molecule has 0 aliphatic heterocycles. The van der Waals surface area contributed by atoms with E-state index in [4.69, 9.17) is 13.9 Å². The number of aromatic nitrogens is 2. The van der Waals surface area contributed by atoms with Crippen molar-refractivity contribution in [3.05, 3.63) is 48.3 Å². The zero-order chi connectivity index (χ0) is 21.7. The first kappa shape index (κ1) is 21.2. The molecule has 1 aromatic heterocycles. The predicted octanol–water partition coefficient (Wildman–Crippen LogP) is 2.70. The number of amides is 1. The molecule has 0 radical (unpaired) electrons. The van der Waals surface area contributed by atoms with E-state index in [9.17, 15) is 17.6 Å². The molecule has 1 amide bonds. The van der Waals surface area contributed by atoms with Gasteiger partial charge in [0.2, 0.25) is 5.91 Å². The Labute approximate surface area is 171 Å². The Morgan fingerprint density at radius 3 is 2.50 bits per heavy atom. The fourth-order valence-electron chi connectivity index (χ4n) is 2.53. The highest BCUT2D eigenvalue weighted by Gasteiger charge is 2.19. The smallest absolute Gasteiger partial charge is 0.322 e. The number of anilines is 1. The summed E-state index contributed by atoms with van der Waals surface area (Å²) in [5, 5.41) is 9.95. The van der Waals surface area contributed by atoms with Crippen molar-refractivity contribution in [3.8, 4) is 23.0 Å². The molecule has 0 fully saturated rings. The quantitative estimate of drug-likeness (QED) is 0.536. The summed E-state index contributed by atoms with van der Waals surface area (Å²) in [7, 11) is -0.750. The van der Waals surface area contributed by atoms with Crippen molar-refractivity contribution >= 4 is 21.8 Å². The number of rotatable bonds is 8. The largest absolute Gasteiger partial charge is 0.497 e. The number of ether oxygens (including phenoxy) is 2. The maximum absolute atomic E-state index is 12.9. The zero-order valence-electron chi connectivity index (χ0n) is 16.1. The molecule has 0 aliphatic carbocycles. The van der Waals surface area contributed by atoms with Gasteiger partial charge in [0, 0.05) is 12.5 Å². The molecule has 0 saturated heterocycles. The topological polar surface area (TPSA) is 121 Å². The van der Waals surface area contributed by atoms with E-state index >= 15 is 0 Å². The highest BCUT2D eigenvalue weighted by Crippen LogP contribution is 2.33. The standard InChI is InChI=1S/C19H18FN3O6S/c1-27-13-5-8-15(16(11-13)28-2)18-22-23-19(29-18)21-17(24)9-10-30(25,26)14-6-3-12(20)4-7-14/h3-8,11H,9-10H2,1-2H3,(H,21,23,24). The van der Waals surface area contributed by atoms with Crippen LogP contribution in [0.2, 0.25) is 0 Å². The van der Waals surface area contributed by atoms with Crippen molar-refractivity contribution in [2.75, 3.05) is 25.3 Å². The van der Waals surface area contributed by atoms with Crippen LogP contribution in [0.4, 0.5) is 10.4 Å². The maximum atomic E-state index is 12.9. The normalized spacial score (nSPS) is 11.2. The molecule has 1 N–H and O–H groups in total. The summed E-state index contributed by atoms with van der Waals surface area (Å²) in [6.45, 7) is 0. The van der Waals surface area contributed by atoms with Gasteiger partial charge in [0.1, 0.15) is 17.3 Å². The Kier molecular flexibility index (Phi) is 6.31. The Morgan fingerprint density at radius 2 is 1.83 bits per heavy atom. The number of sulfone groups is 1. The van der Waals surface area contributed by atoms with Crippen molar-refractivity contribution in [1.29, 1.82) is 0 Å². The van der Waals surface area contributed by atoms with Gasteiger partial charge in [0.25, 0.3) is 5.89 Å². The number of nitrogens with one attached hydrogen (secondary N) is 1. The first-order chi connectivity index (χ1) is 14.3. The Bertz CT molecular complexity index is 1150. The lowest BCUT2D eigenvalue weighted by Crippen LogP contribution is -2.17. The lowest BCUT2D eigenvalue weighted by molar-refractivity contribution is -0.115. The molecule has 2 aromatic carbocycles. The van der Waals surface area contributed by atoms with E-state index in [2.05, 4.69) is 15.5 Å². The van der Waals surface area contributed by atoms with E-state index < -0.39 is 27.3 Å². The van der Waals surface area contributed by atoms with Gasteiger partial charge in [-0.05, 0) is 36.4 Å². The third-order valence-corrected chi connectivity index (χ3v) is 5.81. The molecule has 9 nitrogen and oxygen atoms in total. The van der Waals surface area contributed by atoms with Crippen LogP contribution < -0.4 is 14.8 Å². The SMILES string of the molecule is COc1ccc(-c2nnc(NC(=O)CCS(=O)(=O)c3ccc(F)cc3)o2)c(OC)c1. The summed E-state index contributed by atoms with van der Waals surface area (Å²) in [6, 6.07) is 9.17. The number of hydrogen-bond acceptors (Lipinski definition) is 8. The average molecular weight is 435 g/mol. The van der Waals surface area contributed by atoms with E-state index in [-0.39, 0.29) is 23.2 Å². The molecule has 3 aromatic rings. The fourth-order valence-corrected chi connectivity index (χ4v) is 3.77. The van der Waals surface area contributed by atoms with Crippen LogP contribution in [0.15, 0.2) is 51.8 Å². The molecule has 3 rings (SSSR count). The number of benzene rings is 2. The molecule has 158 valence electrons. The van der Waals surface area contributed by atoms with E-state index in [1.807, 2.05) is 0 Å². The minimum absolute atomic E-state index is 0.0663. The van der Waals surface area contributed by atoms with Crippen LogP contribution in [0.1, 0.15) is 6.42 Å². The molecule has 30 heavy (non-hydrogen) atoms. The van der Waals surface area contributed by atoms with Crippen LogP contribution in [0, 0.1) is 5.82 Å². The second-order valence-corrected chi connectivity index (χ2v) is 8.16. The van der Waals surface area contributed by atoms with Gasteiger partial charge in [-0.25, -0.2) is 12.8 Å². The van der Waals surface area contributed by atoms with Gasteiger partial charge in [-0.15, -0.1) is 5.10 Å². The molecular weight excluding hydrogens is 417 g/mol. The van der Waals surface area contributed by atoms with Crippen molar-refractivity contribution in [3.63, 3.8) is 0 Å². The first-order valence-electron chi connectivity index (χ1n) is 8.66. The van der Waals surface area contributed by atoms with Crippen LogP contribution >= 0.6 is 0 Å². The zero-order valence-corrected chi connectivity index (χ0v) is 16.9. The lowest BCUT2D eigenvalue weighted by atomic mass is 10.2. The third-order valence-electron chi connectivity index (χ3n) is 4.08. The molecular formula is C19H18FN3O6S. The van der Waals surface area contributed by atoms with Crippen molar-refractivity contribution in [1.82, 2.24) is 10.2 Å². The van der Waals surface area contributed by atoms with Crippen LogP contribution in [0.5, 0.6) is 11.5 Å². The van der Waals surface area contributed by atoms with Crippen LogP contribution in [0.3, 0.4) is 0 Å². The van der Waals surface area contributed by atoms with Gasteiger partial charge in [0.05, 0.1) is 30.4 Å². The number of hydrogen-bond donors (Lipinski definition) is 1. The summed E-state index contributed by atoms with van der Waals surface area (Å²) in [5.41, 5.74) is 0.491. The van der Waals surface area contributed by atoms with Crippen molar-refractivity contribution in [2.24, 2.45) is 0 Å². The van der Waals surface area contributed by atoms with Crippen LogP contribution in [-0.2, 0) is 14.6 Å². The van der Waals surface area contributed by atoms with Gasteiger partial charge < -0.3 is 13.9 Å². The highest BCUT2D eigenvalue weighted by atomic mass is 32.2. The average Bonchev–Trinajstić information content (AvgIpc) is 3.20. The molecule has 1 heterocycles. The second kappa shape index (κ2) is 8.91. The van der Waals surface area contributed by atoms with E-state index in [1.54, 1.807) is 18.2 Å². The first-order valence-corrected chi connectivity index (χ1v) is 10.3. The maximum Gasteiger partial charge on any atom is 0.322 e. The molecule has 0 unspecified atom stereocenters. The van der Waals surface area contributed by atoms with Gasteiger partial charge in [0.15, 0.2) is 9.84 Å². The summed E-state index contributed by atoms with van der Waals surface area (Å²) in [6.07, 6.45) is -0.344. The summed E-state index contributed by atoms with van der Waals surface area (Å²) in [5.74, 6) is -0.529. The molecule has 0 aliphatic rings. The number of methoxy groups -OCH3 is 2. The highest BCUT2D eigenvalue weighted by molar-refractivity contribution is 7.91. The number of carbonyl (C=O) groups excluding carboxylic acids is 1. The number of carbonyl (C=O) groups is 1. The molecule has 0 spiro atoms. The van der Waals surface area contributed by atoms with E-state index in [0.29, 0.717) is 17.1 Å². The predicted molar refractivity (Wildman–Crippen MR) is 105 cm³/mol. The van der Waals surface area contributed by atoms with E-state index in [1.165, 1.54) is 14.2 Å². The summed E-state index contributed by atoms with van der Waals surface area (Å²) >= 11 is 0. The van der Waals surface area contributed by atoms with Gasteiger partial charge >= 0.3 is 6.01 Å². The lowest BCUT2D eigenvalue weighted by Gasteiger charge is -2.07. The summed E-state index contributed by atoms with van der Waals surface area (Å²) in [4.78, 5) is 12.0. The second-order valence-electron chi connectivity index (χ2n) is 6.05. The van der Waals surface area contributed by atoms with Crippen molar-refractivity contribution in [2.45, 2.75) is 11.3 Å². The van der Waals surface area contributed by atoms with E-state index in [0.717, 1.165) is 24.3 Å². The molecule has 0 atom stereocenters. The minimum atomic E-state index is -3.74. The fraction of sp³-hybridized carbons (Fsp3) is 0.211. The third kappa shape index (κ3) is 4.92. The minimum Gasteiger partial charge on any atom is -0.497 e. The Hall–Kier alpha value is -3.47. The summed E-state index contributed by atoms with van der Waals surface area (Å²) < 4.78 is 53.2. The Balaban J connectivity index is 1.65.